The summed E-state index contributed by atoms with van der Waals surface area (Å²) in [4.78, 5) is 6.73. The van der Waals surface area contributed by atoms with E-state index in [4.69, 9.17) is 26.4 Å². The first-order valence-electron chi connectivity index (χ1n) is 9.00. The van der Waals surface area contributed by atoms with Crippen LogP contribution in [0, 0.1) is 0 Å². The van der Waals surface area contributed by atoms with E-state index in [2.05, 4.69) is 20.5 Å². The summed E-state index contributed by atoms with van der Waals surface area (Å²) in [6, 6.07) is 9.88. The van der Waals surface area contributed by atoms with Gasteiger partial charge in [-0.2, -0.15) is 0 Å². The van der Waals surface area contributed by atoms with Crippen molar-refractivity contribution in [3.63, 3.8) is 0 Å². The van der Waals surface area contributed by atoms with Gasteiger partial charge in [0.2, 0.25) is 0 Å². The van der Waals surface area contributed by atoms with Gasteiger partial charge in [-0.1, -0.05) is 6.07 Å². The van der Waals surface area contributed by atoms with Crippen LogP contribution >= 0.6 is 12.2 Å². The molecule has 0 aliphatic carbocycles. The first kappa shape index (κ1) is 17.8. The highest BCUT2D eigenvalue weighted by Crippen LogP contribution is 2.30. The third-order valence-electron chi connectivity index (χ3n) is 4.40. The molecule has 0 amide bonds. The maximum atomic E-state index is 5.61. The number of aromatic nitrogens is 1. The van der Waals surface area contributed by atoms with Crippen molar-refractivity contribution in [2.75, 3.05) is 49.7 Å². The highest BCUT2D eigenvalue weighted by Gasteiger charge is 2.13. The molecule has 7 nitrogen and oxygen atoms in total. The van der Waals surface area contributed by atoms with Crippen LogP contribution in [-0.4, -0.2) is 49.6 Å². The second kappa shape index (κ2) is 8.41. The van der Waals surface area contributed by atoms with Crippen LogP contribution < -0.4 is 25.0 Å². The molecule has 8 heteroatoms. The van der Waals surface area contributed by atoms with Crippen LogP contribution in [0.3, 0.4) is 0 Å². The van der Waals surface area contributed by atoms with Crippen molar-refractivity contribution in [3.05, 3.63) is 42.1 Å². The van der Waals surface area contributed by atoms with E-state index in [9.17, 15) is 0 Å². The molecule has 27 heavy (non-hydrogen) atoms. The molecule has 0 radical (unpaired) electrons. The van der Waals surface area contributed by atoms with Crippen molar-refractivity contribution >= 4 is 28.8 Å². The van der Waals surface area contributed by atoms with Crippen molar-refractivity contribution in [2.24, 2.45) is 0 Å². The zero-order chi connectivity index (χ0) is 18.5. The number of pyridine rings is 1. The Hall–Kier alpha value is -2.58. The minimum atomic E-state index is 0.547. The fourth-order valence-electron chi connectivity index (χ4n) is 2.99. The van der Waals surface area contributed by atoms with Crippen molar-refractivity contribution in [1.82, 2.24) is 10.3 Å². The standard InChI is InChI=1S/C19H22N4O3S/c27-19(21-12-14-1-3-16-17(11-14)26-10-9-25-16)22-15-2-4-18(20-13-15)23-5-7-24-8-6-23/h1-4,11,13H,5-10,12H2,(H2,21,22,27). The average molecular weight is 386 g/mol. The van der Waals surface area contributed by atoms with Gasteiger partial charge in [-0.05, 0) is 42.0 Å². The van der Waals surface area contributed by atoms with Gasteiger partial charge in [0.05, 0.1) is 25.1 Å². The van der Waals surface area contributed by atoms with E-state index < -0.39 is 0 Å². The van der Waals surface area contributed by atoms with Gasteiger partial charge < -0.3 is 29.7 Å². The Morgan fingerprint density at radius 1 is 1.04 bits per heavy atom. The summed E-state index contributed by atoms with van der Waals surface area (Å²) >= 11 is 5.38. The Labute approximate surface area is 163 Å². The van der Waals surface area contributed by atoms with Crippen LogP contribution in [-0.2, 0) is 11.3 Å². The van der Waals surface area contributed by atoms with E-state index in [-0.39, 0.29) is 0 Å². The maximum Gasteiger partial charge on any atom is 0.171 e. The van der Waals surface area contributed by atoms with Crippen LogP contribution in [0.15, 0.2) is 36.5 Å². The molecule has 142 valence electrons. The Morgan fingerprint density at radius 3 is 2.63 bits per heavy atom. The highest BCUT2D eigenvalue weighted by atomic mass is 32.1. The molecule has 1 aromatic carbocycles. The predicted octanol–water partition coefficient (Wildman–Crippen LogP) is 2.18. The number of nitrogens with zero attached hydrogens (tertiary/aromatic N) is 2. The molecule has 0 spiro atoms. The minimum absolute atomic E-state index is 0.547. The lowest BCUT2D eigenvalue weighted by Crippen LogP contribution is -2.36. The molecule has 0 saturated carbocycles. The number of benzene rings is 1. The molecule has 1 aromatic heterocycles. The van der Waals surface area contributed by atoms with Gasteiger partial charge in [0.1, 0.15) is 19.0 Å². The second-order valence-corrected chi connectivity index (χ2v) is 6.70. The molecule has 1 fully saturated rings. The van der Waals surface area contributed by atoms with E-state index in [0.29, 0.717) is 24.9 Å². The van der Waals surface area contributed by atoms with E-state index >= 15 is 0 Å². The molecule has 0 bridgehead atoms. The number of ether oxygens (including phenoxy) is 3. The molecule has 2 aromatic rings. The number of hydrogen-bond donors (Lipinski definition) is 2. The predicted molar refractivity (Wildman–Crippen MR) is 108 cm³/mol. The lowest BCUT2D eigenvalue weighted by atomic mass is 10.2. The fraction of sp³-hybridized carbons (Fsp3) is 0.368. The monoisotopic (exact) mass is 386 g/mol. The summed E-state index contributed by atoms with van der Waals surface area (Å²) in [5.74, 6) is 2.53. The number of nitrogens with one attached hydrogen (secondary N) is 2. The second-order valence-electron chi connectivity index (χ2n) is 6.29. The van der Waals surface area contributed by atoms with E-state index in [1.807, 2.05) is 30.3 Å². The number of rotatable bonds is 4. The summed E-state index contributed by atoms with van der Waals surface area (Å²) in [6.45, 7) is 5.01. The van der Waals surface area contributed by atoms with Crippen molar-refractivity contribution < 1.29 is 14.2 Å². The van der Waals surface area contributed by atoms with Gasteiger partial charge in [0.15, 0.2) is 16.6 Å². The zero-order valence-corrected chi connectivity index (χ0v) is 15.8. The molecule has 3 heterocycles. The Balaban J connectivity index is 1.29. The third-order valence-corrected chi connectivity index (χ3v) is 4.65. The van der Waals surface area contributed by atoms with Crippen LogP contribution in [0.5, 0.6) is 11.5 Å². The SMILES string of the molecule is S=C(NCc1ccc2c(c1)OCCO2)Nc1ccc(N2CCOCC2)nc1. The first-order valence-corrected chi connectivity index (χ1v) is 9.41. The molecule has 0 atom stereocenters. The normalized spacial score (nSPS) is 15.9. The third kappa shape index (κ3) is 4.58. The van der Waals surface area contributed by atoms with Crippen molar-refractivity contribution in [2.45, 2.75) is 6.54 Å². The minimum Gasteiger partial charge on any atom is -0.486 e. The topological polar surface area (TPSA) is 67.9 Å². The number of fused-ring (bicyclic) bond motifs is 1. The fourth-order valence-corrected chi connectivity index (χ4v) is 3.18. The van der Waals surface area contributed by atoms with Crippen LogP contribution in [0.4, 0.5) is 11.5 Å². The average Bonchev–Trinajstić information content (AvgIpc) is 2.73. The Kier molecular flexibility index (Phi) is 5.55. The quantitative estimate of drug-likeness (QED) is 0.775. The maximum absolute atomic E-state index is 5.61. The first-order chi connectivity index (χ1) is 13.3. The van der Waals surface area contributed by atoms with Gasteiger partial charge in [0.25, 0.3) is 0 Å². The smallest absolute Gasteiger partial charge is 0.171 e. The number of morpholine rings is 1. The number of anilines is 2. The zero-order valence-electron chi connectivity index (χ0n) is 14.9. The highest BCUT2D eigenvalue weighted by molar-refractivity contribution is 7.80. The summed E-state index contributed by atoms with van der Waals surface area (Å²) in [6.07, 6.45) is 1.79. The van der Waals surface area contributed by atoms with Gasteiger partial charge >= 0.3 is 0 Å². The van der Waals surface area contributed by atoms with E-state index in [0.717, 1.165) is 54.9 Å². The molecule has 0 unspecified atom stereocenters. The van der Waals surface area contributed by atoms with Crippen molar-refractivity contribution in [1.29, 1.82) is 0 Å². The van der Waals surface area contributed by atoms with Crippen LogP contribution in [0.25, 0.3) is 0 Å². The van der Waals surface area contributed by atoms with Gasteiger partial charge in [-0.3, -0.25) is 0 Å². The number of thiocarbonyl (C=S) groups is 1. The molecule has 4 rings (SSSR count). The lowest BCUT2D eigenvalue weighted by molar-refractivity contribution is 0.122. The van der Waals surface area contributed by atoms with Gasteiger partial charge in [0, 0.05) is 19.6 Å². The summed E-state index contributed by atoms with van der Waals surface area (Å²) < 4.78 is 16.5. The molecule has 2 aliphatic heterocycles. The lowest BCUT2D eigenvalue weighted by Gasteiger charge is -2.27. The Morgan fingerprint density at radius 2 is 1.85 bits per heavy atom. The number of hydrogen-bond acceptors (Lipinski definition) is 6. The van der Waals surface area contributed by atoms with E-state index in [1.165, 1.54) is 0 Å². The molecule has 2 aliphatic rings. The molecular formula is C19H22N4O3S. The van der Waals surface area contributed by atoms with Gasteiger partial charge in [-0.25, -0.2) is 4.98 Å². The Bertz CT molecular complexity index is 794. The molecule has 1 saturated heterocycles. The van der Waals surface area contributed by atoms with Gasteiger partial charge in [-0.15, -0.1) is 0 Å². The van der Waals surface area contributed by atoms with E-state index in [1.54, 1.807) is 6.20 Å². The van der Waals surface area contributed by atoms with Crippen LogP contribution in [0.1, 0.15) is 5.56 Å². The summed E-state index contributed by atoms with van der Waals surface area (Å²) in [7, 11) is 0. The van der Waals surface area contributed by atoms with Crippen LogP contribution in [0.2, 0.25) is 0 Å². The van der Waals surface area contributed by atoms with Crippen molar-refractivity contribution in [3.8, 4) is 11.5 Å². The summed E-state index contributed by atoms with van der Waals surface area (Å²) in [5, 5.41) is 6.91. The largest absolute Gasteiger partial charge is 0.486 e. The summed E-state index contributed by atoms with van der Waals surface area (Å²) in [5.41, 5.74) is 1.93. The molecule has 2 N–H and O–H groups in total. The molecular weight excluding hydrogens is 364 g/mol.